The molecule has 90 valence electrons. The second-order valence-electron chi connectivity index (χ2n) is 4.08. The van der Waals surface area contributed by atoms with E-state index >= 15 is 0 Å². The summed E-state index contributed by atoms with van der Waals surface area (Å²) < 4.78 is 15.4. The number of nitrogens with zero attached hydrogens (tertiary/aromatic N) is 3. The second kappa shape index (κ2) is 4.84. The summed E-state index contributed by atoms with van der Waals surface area (Å²) in [7, 11) is 0. The Morgan fingerprint density at radius 1 is 1.41 bits per heavy atom. The van der Waals surface area contributed by atoms with E-state index in [2.05, 4.69) is 10.1 Å². The Balaban J connectivity index is 2.45. The van der Waals surface area contributed by atoms with E-state index in [0.29, 0.717) is 11.5 Å². The van der Waals surface area contributed by atoms with Crippen LogP contribution in [0.2, 0.25) is 0 Å². The predicted molar refractivity (Wildman–Crippen MR) is 65.0 cm³/mol. The molecule has 2 aromatic heterocycles. The summed E-state index contributed by atoms with van der Waals surface area (Å²) in [4.78, 5) is 4.00. The molecule has 0 radical (unpaired) electrons. The maximum atomic E-state index is 14.0. The third kappa shape index (κ3) is 2.31. The molecule has 0 saturated carbocycles. The molecule has 0 amide bonds. The number of rotatable bonds is 3. The van der Waals surface area contributed by atoms with Crippen LogP contribution in [0, 0.1) is 5.82 Å². The van der Waals surface area contributed by atoms with Crippen molar-refractivity contribution in [2.75, 3.05) is 0 Å². The minimum absolute atomic E-state index is 0.125. The van der Waals surface area contributed by atoms with E-state index in [1.165, 1.54) is 10.9 Å². The van der Waals surface area contributed by atoms with Gasteiger partial charge in [-0.25, -0.2) is 14.1 Å². The molecule has 2 aromatic rings. The molecular formula is C12H13ClFN3. The van der Waals surface area contributed by atoms with Gasteiger partial charge in [0.2, 0.25) is 0 Å². The second-order valence-corrected chi connectivity index (χ2v) is 4.35. The zero-order chi connectivity index (χ0) is 12.4. The van der Waals surface area contributed by atoms with Crippen LogP contribution in [0.4, 0.5) is 4.39 Å². The van der Waals surface area contributed by atoms with Crippen LogP contribution in [0.25, 0.3) is 5.82 Å². The summed E-state index contributed by atoms with van der Waals surface area (Å²) in [5.41, 5.74) is 1.33. The van der Waals surface area contributed by atoms with Crippen molar-refractivity contribution in [1.82, 2.24) is 14.8 Å². The molecule has 0 N–H and O–H groups in total. The fourth-order valence-corrected chi connectivity index (χ4v) is 1.70. The van der Waals surface area contributed by atoms with Gasteiger partial charge >= 0.3 is 0 Å². The highest BCUT2D eigenvalue weighted by Gasteiger charge is 2.12. The topological polar surface area (TPSA) is 30.7 Å². The summed E-state index contributed by atoms with van der Waals surface area (Å²) in [5.74, 6) is 0.200. The lowest BCUT2D eigenvalue weighted by molar-refractivity contribution is 0.588. The van der Waals surface area contributed by atoms with Gasteiger partial charge in [-0.3, -0.25) is 0 Å². The largest absolute Gasteiger partial charge is 0.235 e. The molecular weight excluding hydrogens is 241 g/mol. The molecule has 17 heavy (non-hydrogen) atoms. The highest BCUT2D eigenvalue weighted by Crippen LogP contribution is 2.18. The molecule has 2 rings (SSSR count). The van der Waals surface area contributed by atoms with E-state index in [0.717, 1.165) is 5.69 Å². The average Bonchev–Trinajstić information content (AvgIpc) is 2.78. The quantitative estimate of drug-likeness (QED) is 0.786. The van der Waals surface area contributed by atoms with Gasteiger partial charge in [0.05, 0.1) is 11.6 Å². The van der Waals surface area contributed by atoms with Gasteiger partial charge < -0.3 is 0 Å². The summed E-state index contributed by atoms with van der Waals surface area (Å²) in [6.07, 6.45) is 3.24. The summed E-state index contributed by atoms with van der Waals surface area (Å²) >= 11 is 5.65. The van der Waals surface area contributed by atoms with Crippen LogP contribution < -0.4 is 0 Å². The fourth-order valence-electron chi connectivity index (χ4n) is 1.50. The molecule has 0 fully saturated rings. The standard InChI is InChI=1S/C12H13ClFN3/c1-8(2)10-4-6-17(16-10)12-11(14)9(7-13)3-5-15-12/h3-6,8H,7H2,1-2H3. The number of aromatic nitrogens is 3. The highest BCUT2D eigenvalue weighted by molar-refractivity contribution is 6.17. The average molecular weight is 254 g/mol. The van der Waals surface area contributed by atoms with E-state index in [9.17, 15) is 4.39 Å². The zero-order valence-corrected chi connectivity index (χ0v) is 10.4. The van der Waals surface area contributed by atoms with Gasteiger partial charge in [-0.2, -0.15) is 5.10 Å². The van der Waals surface area contributed by atoms with Crippen molar-refractivity contribution >= 4 is 11.6 Å². The monoisotopic (exact) mass is 253 g/mol. The Hall–Kier alpha value is -1.42. The van der Waals surface area contributed by atoms with Crippen LogP contribution in [0.5, 0.6) is 0 Å². The molecule has 0 aliphatic carbocycles. The van der Waals surface area contributed by atoms with Crippen molar-refractivity contribution in [1.29, 1.82) is 0 Å². The Morgan fingerprint density at radius 2 is 2.18 bits per heavy atom. The lowest BCUT2D eigenvalue weighted by atomic mass is 10.1. The van der Waals surface area contributed by atoms with Crippen molar-refractivity contribution in [2.24, 2.45) is 0 Å². The number of hydrogen-bond acceptors (Lipinski definition) is 2. The number of alkyl halides is 1. The van der Waals surface area contributed by atoms with Crippen molar-refractivity contribution in [3.63, 3.8) is 0 Å². The van der Waals surface area contributed by atoms with Crippen LogP contribution >= 0.6 is 11.6 Å². The van der Waals surface area contributed by atoms with Gasteiger partial charge in [0.1, 0.15) is 0 Å². The summed E-state index contributed by atoms with van der Waals surface area (Å²) in [6.45, 7) is 4.07. The summed E-state index contributed by atoms with van der Waals surface area (Å²) in [6, 6.07) is 3.43. The lowest BCUT2D eigenvalue weighted by Crippen LogP contribution is -2.05. The van der Waals surface area contributed by atoms with Crippen molar-refractivity contribution in [2.45, 2.75) is 25.6 Å². The van der Waals surface area contributed by atoms with Gasteiger partial charge in [-0.05, 0) is 18.1 Å². The Kier molecular flexibility index (Phi) is 3.43. The Morgan fingerprint density at radius 3 is 2.76 bits per heavy atom. The fraction of sp³-hybridized carbons (Fsp3) is 0.333. The van der Waals surface area contributed by atoms with E-state index in [1.54, 1.807) is 12.3 Å². The predicted octanol–water partition coefficient (Wildman–Crippen LogP) is 3.27. The Bertz CT molecular complexity index is 522. The molecule has 3 nitrogen and oxygen atoms in total. The van der Waals surface area contributed by atoms with Gasteiger partial charge in [-0.1, -0.05) is 13.8 Å². The van der Waals surface area contributed by atoms with Crippen LogP contribution in [-0.2, 0) is 5.88 Å². The first-order valence-electron chi connectivity index (χ1n) is 5.38. The lowest BCUT2D eigenvalue weighted by Gasteiger charge is -2.05. The number of hydrogen-bond donors (Lipinski definition) is 0. The molecule has 5 heteroatoms. The van der Waals surface area contributed by atoms with Crippen LogP contribution in [0.3, 0.4) is 0 Å². The van der Waals surface area contributed by atoms with Crippen LogP contribution in [0.15, 0.2) is 24.5 Å². The zero-order valence-electron chi connectivity index (χ0n) is 9.69. The minimum Gasteiger partial charge on any atom is -0.235 e. The molecule has 0 bridgehead atoms. The van der Waals surface area contributed by atoms with Gasteiger partial charge in [0.15, 0.2) is 11.6 Å². The normalized spacial score (nSPS) is 11.1. The van der Waals surface area contributed by atoms with Gasteiger partial charge in [-0.15, -0.1) is 11.6 Å². The highest BCUT2D eigenvalue weighted by atomic mass is 35.5. The molecule has 2 heterocycles. The smallest absolute Gasteiger partial charge is 0.189 e. The molecule has 0 aromatic carbocycles. The molecule has 0 aliphatic heterocycles. The first kappa shape index (κ1) is 12.0. The van der Waals surface area contributed by atoms with Crippen molar-refractivity contribution < 1.29 is 4.39 Å². The molecule has 0 spiro atoms. The maximum Gasteiger partial charge on any atom is 0.189 e. The third-order valence-corrected chi connectivity index (χ3v) is 2.80. The van der Waals surface area contributed by atoms with E-state index in [-0.39, 0.29) is 11.7 Å². The van der Waals surface area contributed by atoms with Gasteiger partial charge in [0.25, 0.3) is 0 Å². The molecule has 0 saturated heterocycles. The Labute approximate surface area is 104 Å². The first-order chi connectivity index (χ1) is 8.13. The molecule has 0 atom stereocenters. The summed E-state index contributed by atoms with van der Waals surface area (Å²) in [5, 5.41) is 4.29. The number of halogens is 2. The number of pyridine rings is 1. The maximum absolute atomic E-state index is 14.0. The SMILES string of the molecule is CC(C)c1ccn(-c2nccc(CCl)c2F)n1. The van der Waals surface area contributed by atoms with Crippen molar-refractivity contribution in [3.05, 3.63) is 41.6 Å². The first-order valence-corrected chi connectivity index (χ1v) is 5.92. The van der Waals surface area contributed by atoms with E-state index < -0.39 is 5.82 Å². The van der Waals surface area contributed by atoms with Gasteiger partial charge in [0, 0.05) is 18.0 Å². The minimum atomic E-state index is -0.416. The molecule has 0 aliphatic rings. The van der Waals surface area contributed by atoms with E-state index in [4.69, 9.17) is 11.6 Å². The van der Waals surface area contributed by atoms with Crippen LogP contribution in [-0.4, -0.2) is 14.8 Å². The molecule has 0 unspecified atom stereocenters. The third-order valence-electron chi connectivity index (χ3n) is 2.51. The van der Waals surface area contributed by atoms with Crippen molar-refractivity contribution in [3.8, 4) is 5.82 Å². The van der Waals surface area contributed by atoms with Crippen LogP contribution in [0.1, 0.15) is 31.0 Å². The van der Waals surface area contributed by atoms with E-state index in [1.807, 2.05) is 19.9 Å².